The second-order valence-electron chi connectivity index (χ2n) is 9.13. The molecule has 2 aliphatic heterocycles. The molecule has 11 heteroatoms. The average Bonchev–Trinajstić information content (AvgIpc) is 3.61. The number of H-pyrrole nitrogens is 1. The molecule has 4 atom stereocenters. The molecule has 0 radical (unpaired) electrons. The summed E-state index contributed by atoms with van der Waals surface area (Å²) >= 11 is 3.98. The number of nitrogens with one attached hydrogen (secondary N) is 2. The molecule has 4 unspecified atom stereocenters. The van der Waals surface area contributed by atoms with E-state index in [2.05, 4.69) is 22.9 Å². The molecule has 3 amide bonds. The van der Waals surface area contributed by atoms with Crippen LogP contribution in [0.25, 0.3) is 10.9 Å². The number of para-hydroxylation sites is 1. The summed E-state index contributed by atoms with van der Waals surface area (Å²) in [5.41, 5.74) is 8.22. The number of nitrogens with zero attached hydrogens (tertiary/aromatic N) is 2. The zero-order valence-corrected chi connectivity index (χ0v) is 20.2. The summed E-state index contributed by atoms with van der Waals surface area (Å²) in [5.74, 6) is -2.32. The standard InChI is InChI=1S/C24H31N5O5S/c25-16(11-14-12-26-17-6-2-1-5-15(14)17)22(31)29-10-4-8-20(29)23(32)28-9-3-7-19(28)21(30)27-18(13-35)24(33)34/h1-2,5-6,12,16,18-20,26,35H,3-4,7-11,13,25H2,(H,27,30)(H,33,34). The lowest BCUT2D eigenvalue weighted by atomic mass is 10.0. The van der Waals surface area contributed by atoms with Gasteiger partial charge < -0.3 is 30.9 Å². The van der Waals surface area contributed by atoms with Crippen molar-refractivity contribution in [3.05, 3.63) is 36.0 Å². The van der Waals surface area contributed by atoms with Crippen molar-refractivity contribution in [3.63, 3.8) is 0 Å². The van der Waals surface area contributed by atoms with Gasteiger partial charge in [0.2, 0.25) is 17.7 Å². The van der Waals surface area contributed by atoms with E-state index in [0.29, 0.717) is 45.2 Å². The molecule has 0 aliphatic carbocycles. The number of carboxylic acid groups (broad SMARTS) is 1. The van der Waals surface area contributed by atoms with E-state index in [0.717, 1.165) is 16.5 Å². The number of hydrogen-bond donors (Lipinski definition) is 5. The van der Waals surface area contributed by atoms with E-state index in [1.807, 2.05) is 30.5 Å². The molecule has 4 rings (SSSR count). The van der Waals surface area contributed by atoms with Gasteiger partial charge in [-0.2, -0.15) is 12.6 Å². The molecule has 188 valence electrons. The second kappa shape index (κ2) is 10.7. The van der Waals surface area contributed by atoms with Gasteiger partial charge in [0.1, 0.15) is 18.1 Å². The summed E-state index contributed by atoms with van der Waals surface area (Å²) in [4.78, 5) is 57.0. The number of rotatable bonds is 8. The van der Waals surface area contributed by atoms with Crippen molar-refractivity contribution >= 4 is 47.2 Å². The first-order chi connectivity index (χ1) is 16.8. The number of thiol groups is 1. The molecule has 2 fully saturated rings. The Morgan fingerprint density at radius 3 is 2.51 bits per heavy atom. The number of aliphatic carboxylic acids is 1. The van der Waals surface area contributed by atoms with Gasteiger partial charge in [0.05, 0.1) is 6.04 Å². The van der Waals surface area contributed by atoms with Crippen molar-refractivity contribution in [2.24, 2.45) is 5.73 Å². The molecule has 2 aromatic rings. The van der Waals surface area contributed by atoms with Gasteiger partial charge in [-0.3, -0.25) is 14.4 Å². The number of fused-ring (bicyclic) bond motifs is 1. The minimum Gasteiger partial charge on any atom is -0.480 e. The Bertz CT molecular complexity index is 1120. The maximum atomic E-state index is 13.5. The molecule has 0 bridgehead atoms. The lowest BCUT2D eigenvalue weighted by Gasteiger charge is -2.32. The van der Waals surface area contributed by atoms with E-state index in [1.165, 1.54) is 4.90 Å². The lowest BCUT2D eigenvalue weighted by Crippen LogP contribution is -2.56. The molecule has 0 saturated carbocycles. The third-order valence-corrected chi connectivity index (χ3v) is 7.25. The van der Waals surface area contributed by atoms with Crippen LogP contribution < -0.4 is 11.1 Å². The summed E-state index contributed by atoms with van der Waals surface area (Å²) in [6.45, 7) is 0.817. The first-order valence-corrected chi connectivity index (χ1v) is 12.5. The number of nitrogens with two attached hydrogens (primary N) is 1. The number of carbonyl (C=O) groups is 4. The molecule has 0 spiro atoms. The fraction of sp³-hybridized carbons (Fsp3) is 0.500. The topological polar surface area (TPSA) is 149 Å². The van der Waals surface area contributed by atoms with Crippen LogP contribution >= 0.6 is 12.6 Å². The van der Waals surface area contributed by atoms with E-state index in [9.17, 15) is 24.3 Å². The lowest BCUT2D eigenvalue weighted by molar-refractivity contribution is -0.148. The molecular formula is C24H31N5O5S. The van der Waals surface area contributed by atoms with E-state index in [4.69, 9.17) is 5.73 Å². The number of hydrogen-bond acceptors (Lipinski definition) is 6. The number of benzene rings is 1. The first-order valence-electron chi connectivity index (χ1n) is 11.9. The van der Waals surface area contributed by atoms with Gasteiger partial charge in [0, 0.05) is 35.9 Å². The maximum Gasteiger partial charge on any atom is 0.327 e. The molecule has 2 aliphatic rings. The highest BCUT2D eigenvalue weighted by molar-refractivity contribution is 7.80. The van der Waals surface area contributed by atoms with E-state index >= 15 is 0 Å². The molecule has 5 N–H and O–H groups in total. The summed E-state index contributed by atoms with van der Waals surface area (Å²) in [6, 6.07) is 4.43. The predicted molar refractivity (Wildman–Crippen MR) is 133 cm³/mol. The Kier molecular flexibility index (Phi) is 7.66. The summed E-state index contributed by atoms with van der Waals surface area (Å²) in [5, 5.41) is 12.7. The van der Waals surface area contributed by atoms with Crippen LogP contribution in [0.1, 0.15) is 31.2 Å². The van der Waals surface area contributed by atoms with Crippen LogP contribution in [-0.4, -0.2) is 86.6 Å². The van der Waals surface area contributed by atoms with Gasteiger partial charge in [-0.15, -0.1) is 0 Å². The maximum absolute atomic E-state index is 13.5. The monoisotopic (exact) mass is 501 g/mol. The highest BCUT2D eigenvalue weighted by Gasteiger charge is 2.43. The van der Waals surface area contributed by atoms with Crippen LogP contribution in [0.5, 0.6) is 0 Å². The summed E-state index contributed by atoms with van der Waals surface area (Å²) in [6.07, 6.45) is 4.44. The van der Waals surface area contributed by atoms with Crippen molar-refractivity contribution in [3.8, 4) is 0 Å². The van der Waals surface area contributed by atoms with Gasteiger partial charge in [0.15, 0.2) is 0 Å². The predicted octanol–water partition coefficient (Wildman–Crippen LogP) is 0.519. The van der Waals surface area contributed by atoms with Crippen molar-refractivity contribution in [1.82, 2.24) is 20.1 Å². The van der Waals surface area contributed by atoms with Gasteiger partial charge >= 0.3 is 5.97 Å². The number of likely N-dealkylation sites (tertiary alicyclic amines) is 2. The van der Waals surface area contributed by atoms with Crippen LogP contribution in [0, 0.1) is 0 Å². The van der Waals surface area contributed by atoms with Crippen LogP contribution in [0.2, 0.25) is 0 Å². The highest BCUT2D eigenvalue weighted by Crippen LogP contribution is 2.26. The molecule has 10 nitrogen and oxygen atoms in total. The third kappa shape index (κ3) is 5.15. The van der Waals surface area contributed by atoms with Crippen LogP contribution in [0.3, 0.4) is 0 Å². The van der Waals surface area contributed by atoms with E-state index in [-0.39, 0.29) is 17.6 Å². The smallest absolute Gasteiger partial charge is 0.327 e. The Morgan fingerprint density at radius 2 is 1.80 bits per heavy atom. The average molecular weight is 502 g/mol. The van der Waals surface area contributed by atoms with Gasteiger partial charge in [0.25, 0.3) is 0 Å². The van der Waals surface area contributed by atoms with E-state index < -0.39 is 36.0 Å². The first kappa shape index (κ1) is 25.1. The van der Waals surface area contributed by atoms with E-state index in [1.54, 1.807) is 4.90 Å². The summed E-state index contributed by atoms with van der Waals surface area (Å²) in [7, 11) is 0. The Labute approximate surface area is 208 Å². The Balaban J connectivity index is 1.43. The molecule has 3 heterocycles. The second-order valence-corrected chi connectivity index (χ2v) is 9.50. The SMILES string of the molecule is NC(Cc1c[nH]c2ccccc12)C(=O)N1CCCC1C(=O)N1CCCC1C(=O)NC(CS)C(=O)O. The minimum absolute atomic E-state index is 0.0546. The number of aromatic nitrogens is 1. The van der Waals surface area contributed by atoms with Crippen molar-refractivity contribution in [2.45, 2.75) is 56.3 Å². The van der Waals surface area contributed by atoms with Crippen molar-refractivity contribution < 1.29 is 24.3 Å². The molecular weight excluding hydrogens is 470 g/mol. The minimum atomic E-state index is -1.18. The fourth-order valence-corrected chi connectivity index (χ4v) is 5.32. The molecule has 1 aromatic carbocycles. The van der Waals surface area contributed by atoms with Gasteiger partial charge in [-0.25, -0.2) is 4.79 Å². The summed E-state index contributed by atoms with van der Waals surface area (Å²) < 4.78 is 0. The highest BCUT2D eigenvalue weighted by atomic mass is 32.1. The Morgan fingerprint density at radius 1 is 1.11 bits per heavy atom. The number of aromatic amines is 1. The number of amides is 3. The van der Waals surface area contributed by atoms with Crippen LogP contribution in [-0.2, 0) is 25.6 Å². The van der Waals surface area contributed by atoms with Crippen molar-refractivity contribution in [2.75, 3.05) is 18.8 Å². The number of carboxylic acids is 1. The van der Waals surface area contributed by atoms with Crippen LogP contribution in [0.15, 0.2) is 30.5 Å². The zero-order chi connectivity index (χ0) is 25.1. The third-order valence-electron chi connectivity index (χ3n) is 6.89. The fourth-order valence-electron chi connectivity index (χ4n) is 5.07. The Hall–Kier alpha value is -3.05. The molecule has 1 aromatic heterocycles. The normalized spacial score (nSPS) is 21.8. The molecule has 2 saturated heterocycles. The van der Waals surface area contributed by atoms with Gasteiger partial charge in [-0.05, 0) is 43.7 Å². The largest absolute Gasteiger partial charge is 0.480 e. The quantitative estimate of drug-likeness (QED) is 0.333. The molecule has 35 heavy (non-hydrogen) atoms. The van der Waals surface area contributed by atoms with Crippen molar-refractivity contribution in [1.29, 1.82) is 0 Å². The number of carbonyl (C=O) groups excluding carboxylic acids is 3. The van der Waals surface area contributed by atoms with Crippen LogP contribution in [0.4, 0.5) is 0 Å². The van der Waals surface area contributed by atoms with Gasteiger partial charge in [-0.1, -0.05) is 18.2 Å². The zero-order valence-electron chi connectivity index (χ0n) is 19.4.